The van der Waals surface area contributed by atoms with Crippen LogP contribution in [0.4, 0.5) is 0 Å². The Morgan fingerprint density at radius 1 is 1.89 bits per heavy atom. The fraction of sp³-hybridized carbons (Fsp3) is 0.500. The Morgan fingerprint density at radius 2 is 2.44 bits per heavy atom. The van der Waals surface area contributed by atoms with Gasteiger partial charge in [-0.2, -0.15) is 3.21 Å². The van der Waals surface area contributed by atoms with Gasteiger partial charge in [-0.15, -0.1) is 0 Å². The summed E-state index contributed by atoms with van der Waals surface area (Å²) in [6, 6.07) is 0. The predicted octanol–water partition coefficient (Wildman–Crippen LogP) is 1.54. The summed E-state index contributed by atoms with van der Waals surface area (Å²) in [5.41, 5.74) is 0. The van der Waals surface area contributed by atoms with E-state index in [1.54, 1.807) is 29.8 Å². The highest BCUT2D eigenvalue weighted by Gasteiger charge is 2.06. The third-order valence-electron chi connectivity index (χ3n) is 0.518. The molecule has 0 N–H and O–H groups in total. The molecule has 0 rings (SSSR count). The summed E-state index contributed by atoms with van der Waals surface area (Å²) in [6.45, 7) is 2.02. The number of carbonyl (C=O) groups is 1. The first-order chi connectivity index (χ1) is 4.22. The van der Waals surface area contributed by atoms with E-state index in [2.05, 4.69) is 7.94 Å². The Kier molecular flexibility index (Phi) is 5.07. The molecule has 0 aromatic carbocycles. The van der Waals surface area contributed by atoms with E-state index in [-0.39, 0.29) is 5.17 Å². The minimum atomic E-state index is -0.575. The van der Waals surface area contributed by atoms with Crippen molar-refractivity contribution in [2.75, 3.05) is 6.61 Å². The number of hydrogen-bond donors (Lipinski definition) is 0. The molecule has 0 radical (unpaired) electrons. The molecule has 0 heterocycles. The lowest BCUT2D eigenvalue weighted by atomic mass is 10.7. The van der Waals surface area contributed by atoms with Crippen molar-refractivity contribution in [1.82, 2.24) is 0 Å². The number of rotatable bonds is 2. The molecule has 0 atom stereocenters. The van der Waals surface area contributed by atoms with Crippen molar-refractivity contribution < 1.29 is 9.53 Å². The van der Waals surface area contributed by atoms with Crippen molar-refractivity contribution in [3.8, 4) is 0 Å². The molecule has 0 aliphatic carbocycles. The Labute approximate surface area is 71.9 Å². The molecule has 0 saturated heterocycles. The predicted molar refractivity (Wildman–Crippen MR) is 43.9 cm³/mol. The maximum absolute atomic E-state index is 10.5. The molecule has 0 fully saturated rings. The number of carbonyl (C=O) groups excluding carboxylic acids is 1. The highest BCUT2D eigenvalue weighted by atomic mass is 127. The van der Waals surface area contributed by atoms with Crippen LogP contribution < -0.4 is 0 Å². The molecular weight excluding hydrogens is 256 g/mol. The first-order valence-electron chi connectivity index (χ1n) is 2.24. The fourth-order valence-corrected chi connectivity index (χ4v) is 0.477. The van der Waals surface area contributed by atoms with Crippen molar-refractivity contribution in [1.29, 1.82) is 0 Å². The van der Waals surface area contributed by atoms with Gasteiger partial charge in [-0.25, -0.2) is 4.79 Å². The summed E-state index contributed by atoms with van der Waals surface area (Å²) in [6.07, 6.45) is 0. The third-order valence-corrected chi connectivity index (χ3v) is 1.52. The van der Waals surface area contributed by atoms with Gasteiger partial charge in [0.1, 0.15) is 0 Å². The molecule has 0 aromatic heterocycles. The molecule has 0 saturated carbocycles. The molecule has 0 amide bonds. The van der Waals surface area contributed by atoms with Gasteiger partial charge in [-0.05, 0) is 6.92 Å². The van der Waals surface area contributed by atoms with Gasteiger partial charge in [0.2, 0.25) is 5.17 Å². The zero-order valence-corrected chi connectivity index (χ0v) is 7.64. The van der Waals surface area contributed by atoms with E-state index in [0.29, 0.717) is 6.61 Å². The molecule has 3 nitrogen and oxygen atoms in total. The Hall–Kier alpha value is 0.160. The van der Waals surface area contributed by atoms with Crippen molar-refractivity contribution >= 4 is 45.6 Å². The normalized spacial score (nSPS) is 11.2. The molecule has 9 heavy (non-hydrogen) atoms. The van der Waals surface area contributed by atoms with Crippen LogP contribution >= 0.6 is 34.5 Å². The zero-order chi connectivity index (χ0) is 7.28. The lowest BCUT2D eigenvalue weighted by Gasteiger charge is -1.94. The van der Waals surface area contributed by atoms with Crippen LogP contribution in [0.5, 0.6) is 0 Å². The molecule has 0 spiro atoms. The van der Waals surface area contributed by atoms with Gasteiger partial charge in [0, 0.05) is 0 Å². The van der Waals surface area contributed by atoms with Gasteiger partial charge in [0.15, 0.2) is 0 Å². The summed E-state index contributed by atoms with van der Waals surface area (Å²) in [5.74, 6) is -0.575. The van der Waals surface area contributed by atoms with Crippen LogP contribution in [0.2, 0.25) is 0 Å². The second-order valence-corrected chi connectivity index (χ2v) is 1.94. The van der Waals surface area contributed by atoms with Crippen molar-refractivity contribution in [2.24, 2.45) is 3.21 Å². The standard InChI is InChI=1S/C4H5ClINO2/c1-2-9-4(8)3(5)7-6/h2H2,1H3. The molecule has 52 valence electrons. The van der Waals surface area contributed by atoms with Crippen LogP contribution in [0.25, 0.3) is 0 Å². The topological polar surface area (TPSA) is 38.7 Å². The van der Waals surface area contributed by atoms with Crippen LogP contribution in [0.15, 0.2) is 3.21 Å². The van der Waals surface area contributed by atoms with Gasteiger partial charge < -0.3 is 4.74 Å². The molecule has 0 bridgehead atoms. The van der Waals surface area contributed by atoms with Crippen molar-refractivity contribution in [3.63, 3.8) is 0 Å². The molecule has 0 aliphatic rings. The van der Waals surface area contributed by atoms with E-state index in [0.717, 1.165) is 0 Å². The van der Waals surface area contributed by atoms with Crippen LogP contribution in [0.3, 0.4) is 0 Å². The van der Waals surface area contributed by atoms with E-state index < -0.39 is 5.97 Å². The van der Waals surface area contributed by atoms with Gasteiger partial charge in [0.05, 0.1) is 29.5 Å². The minimum Gasteiger partial charge on any atom is -0.461 e. The average molecular weight is 261 g/mol. The first-order valence-corrected chi connectivity index (χ1v) is 3.58. The summed E-state index contributed by atoms with van der Waals surface area (Å²) >= 11 is 6.89. The lowest BCUT2D eigenvalue weighted by molar-refractivity contribution is -0.134. The zero-order valence-electron chi connectivity index (χ0n) is 4.73. The number of esters is 1. The van der Waals surface area contributed by atoms with Crippen molar-refractivity contribution in [2.45, 2.75) is 6.92 Å². The van der Waals surface area contributed by atoms with Crippen LogP contribution in [0.1, 0.15) is 6.92 Å². The van der Waals surface area contributed by atoms with Gasteiger partial charge in [-0.1, -0.05) is 11.6 Å². The molecular formula is C4H5ClINO2. The second kappa shape index (κ2) is 4.99. The van der Waals surface area contributed by atoms with E-state index >= 15 is 0 Å². The smallest absolute Gasteiger partial charge is 0.369 e. The highest BCUT2D eigenvalue weighted by Crippen LogP contribution is 1.94. The summed E-state index contributed by atoms with van der Waals surface area (Å²) in [7, 11) is 0. The Bertz CT molecular complexity index is 137. The van der Waals surface area contributed by atoms with Gasteiger partial charge >= 0.3 is 5.97 Å². The van der Waals surface area contributed by atoms with E-state index in [4.69, 9.17) is 11.6 Å². The number of hydrogen-bond acceptors (Lipinski definition) is 3. The summed E-state index contributed by atoms with van der Waals surface area (Å²) in [4.78, 5) is 10.5. The van der Waals surface area contributed by atoms with Gasteiger partial charge in [0.25, 0.3) is 0 Å². The van der Waals surface area contributed by atoms with E-state index in [9.17, 15) is 4.79 Å². The Balaban J connectivity index is 3.74. The average Bonchev–Trinajstić information content (AvgIpc) is 1.87. The SMILES string of the molecule is CCOC(=O)C(Cl)=NI. The first kappa shape index (κ1) is 9.16. The largest absolute Gasteiger partial charge is 0.461 e. The lowest BCUT2D eigenvalue weighted by Crippen LogP contribution is -2.10. The maximum Gasteiger partial charge on any atom is 0.369 e. The number of nitrogens with zero attached hydrogens (tertiary/aromatic N) is 1. The maximum atomic E-state index is 10.5. The van der Waals surface area contributed by atoms with Crippen LogP contribution in [-0.2, 0) is 9.53 Å². The van der Waals surface area contributed by atoms with E-state index in [1.165, 1.54) is 0 Å². The monoisotopic (exact) mass is 261 g/mol. The fourth-order valence-electron chi connectivity index (χ4n) is 0.225. The summed E-state index contributed by atoms with van der Waals surface area (Å²) in [5, 5.41) is -0.127. The summed E-state index contributed by atoms with van der Waals surface area (Å²) < 4.78 is 7.87. The van der Waals surface area contributed by atoms with Gasteiger partial charge in [-0.3, -0.25) is 0 Å². The van der Waals surface area contributed by atoms with E-state index in [1.807, 2.05) is 0 Å². The molecule has 0 unspecified atom stereocenters. The van der Waals surface area contributed by atoms with Crippen LogP contribution in [-0.4, -0.2) is 17.7 Å². The third kappa shape index (κ3) is 3.69. The number of halogens is 2. The molecule has 0 aliphatic heterocycles. The number of ether oxygens (including phenoxy) is 1. The quantitative estimate of drug-likeness (QED) is 0.430. The minimum absolute atomic E-state index is 0.127. The van der Waals surface area contributed by atoms with Crippen molar-refractivity contribution in [3.05, 3.63) is 0 Å². The second-order valence-electron chi connectivity index (χ2n) is 1.10. The molecule has 5 heteroatoms. The Morgan fingerprint density at radius 3 is 2.78 bits per heavy atom. The molecule has 0 aromatic rings. The highest BCUT2D eigenvalue weighted by molar-refractivity contribution is 14.1. The van der Waals surface area contributed by atoms with Crippen LogP contribution in [0, 0.1) is 0 Å².